The molecule has 0 saturated heterocycles. The highest BCUT2D eigenvalue weighted by atomic mass is 32.1. The molecule has 4 aromatic rings. The molecule has 1 atom stereocenters. The molecule has 37 heavy (non-hydrogen) atoms. The van der Waals surface area contributed by atoms with Crippen LogP contribution in [0.2, 0.25) is 0 Å². The van der Waals surface area contributed by atoms with Gasteiger partial charge in [-0.1, -0.05) is 60.9 Å². The fourth-order valence-corrected chi connectivity index (χ4v) is 5.22. The zero-order chi connectivity index (χ0) is 26.1. The Bertz CT molecular complexity index is 1620. The zero-order valence-corrected chi connectivity index (χ0v) is 20.7. The van der Waals surface area contributed by atoms with E-state index >= 15 is 0 Å². The number of fused-ring (bicyclic) bond motifs is 2. The summed E-state index contributed by atoms with van der Waals surface area (Å²) >= 11 is 1.01. The van der Waals surface area contributed by atoms with Crippen LogP contribution in [0, 0.1) is 6.92 Å². The molecule has 0 unspecified atom stereocenters. The SMILES string of the molecule is C=CCOC(=O)c1sc(N2C(=O)c3oc4ccccc4c(=O)c3[C@H]2c2cccc(OCC=C)c2)nc1C. The molecular weight excluding hydrogens is 492 g/mol. The molecule has 5 rings (SSSR count). The number of carbonyl (C=O) groups excluding carboxylic acids is 2. The largest absolute Gasteiger partial charge is 0.490 e. The van der Waals surface area contributed by atoms with Gasteiger partial charge in [-0.3, -0.25) is 14.5 Å². The van der Waals surface area contributed by atoms with E-state index in [1.807, 2.05) is 0 Å². The van der Waals surface area contributed by atoms with Crippen LogP contribution in [0.1, 0.15) is 43.1 Å². The molecule has 3 heterocycles. The van der Waals surface area contributed by atoms with E-state index in [1.165, 1.54) is 11.0 Å². The lowest BCUT2D eigenvalue weighted by molar-refractivity contribution is 0.0554. The van der Waals surface area contributed by atoms with Crippen molar-refractivity contribution in [1.82, 2.24) is 4.98 Å². The normalized spacial score (nSPS) is 14.5. The summed E-state index contributed by atoms with van der Waals surface area (Å²) in [7, 11) is 0. The molecule has 1 amide bonds. The first-order chi connectivity index (χ1) is 17.9. The highest BCUT2D eigenvalue weighted by molar-refractivity contribution is 7.17. The molecule has 0 bridgehead atoms. The van der Waals surface area contributed by atoms with Crippen molar-refractivity contribution < 1.29 is 23.5 Å². The summed E-state index contributed by atoms with van der Waals surface area (Å²) in [6, 6.07) is 13.1. The van der Waals surface area contributed by atoms with Crippen LogP contribution in [0.25, 0.3) is 11.0 Å². The number of nitrogens with zero attached hydrogens (tertiary/aromatic N) is 2. The van der Waals surface area contributed by atoms with Crippen molar-refractivity contribution >= 4 is 39.3 Å². The van der Waals surface area contributed by atoms with Gasteiger partial charge in [-0.2, -0.15) is 0 Å². The van der Waals surface area contributed by atoms with Crippen LogP contribution in [0.5, 0.6) is 5.75 Å². The zero-order valence-electron chi connectivity index (χ0n) is 19.9. The number of para-hydroxylation sites is 1. The maximum absolute atomic E-state index is 13.8. The summed E-state index contributed by atoms with van der Waals surface area (Å²) in [4.78, 5) is 46.2. The smallest absolute Gasteiger partial charge is 0.350 e. The molecule has 2 aromatic carbocycles. The number of hydrogen-bond donors (Lipinski definition) is 0. The lowest BCUT2D eigenvalue weighted by atomic mass is 9.98. The molecule has 0 spiro atoms. The summed E-state index contributed by atoms with van der Waals surface area (Å²) in [5.74, 6) is -0.608. The molecule has 0 N–H and O–H groups in total. The summed E-state index contributed by atoms with van der Waals surface area (Å²) in [6.45, 7) is 9.22. The van der Waals surface area contributed by atoms with Crippen molar-refractivity contribution in [2.75, 3.05) is 18.1 Å². The van der Waals surface area contributed by atoms with Gasteiger partial charge in [0.15, 0.2) is 10.6 Å². The van der Waals surface area contributed by atoms with E-state index in [4.69, 9.17) is 13.9 Å². The van der Waals surface area contributed by atoms with Crippen molar-refractivity contribution in [2.45, 2.75) is 13.0 Å². The minimum atomic E-state index is -0.849. The number of hydrogen-bond acceptors (Lipinski definition) is 8. The van der Waals surface area contributed by atoms with Crippen LogP contribution in [-0.2, 0) is 4.74 Å². The maximum Gasteiger partial charge on any atom is 0.350 e. The number of carbonyl (C=O) groups is 2. The van der Waals surface area contributed by atoms with Crippen LogP contribution >= 0.6 is 11.3 Å². The molecule has 9 heteroatoms. The second-order valence-corrected chi connectivity index (χ2v) is 9.20. The van der Waals surface area contributed by atoms with Crippen molar-refractivity contribution in [3.05, 3.63) is 112 Å². The van der Waals surface area contributed by atoms with Gasteiger partial charge in [0, 0.05) is 0 Å². The molecule has 0 saturated carbocycles. The molecule has 2 aromatic heterocycles. The van der Waals surface area contributed by atoms with E-state index in [9.17, 15) is 14.4 Å². The second-order valence-electron chi connectivity index (χ2n) is 8.22. The number of esters is 1. The lowest BCUT2D eigenvalue weighted by Gasteiger charge is -2.23. The number of ether oxygens (including phenoxy) is 2. The van der Waals surface area contributed by atoms with Crippen LogP contribution in [0.3, 0.4) is 0 Å². The van der Waals surface area contributed by atoms with Crippen LogP contribution < -0.4 is 15.1 Å². The topological polar surface area (TPSA) is 98.9 Å². The third-order valence-corrected chi connectivity index (χ3v) is 6.97. The van der Waals surface area contributed by atoms with Crippen molar-refractivity contribution in [3.63, 3.8) is 0 Å². The van der Waals surface area contributed by atoms with E-state index in [0.29, 0.717) is 34.6 Å². The lowest BCUT2D eigenvalue weighted by Crippen LogP contribution is -2.29. The minimum Gasteiger partial charge on any atom is -0.490 e. The van der Waals surface area contributed by atoms with Crippen LogP contribution in [0.4, 0.5) is 5.13 Å². The third kappa shape index (κ3) is 4.23. The van der Waals surface area contributed by atoms with Gasteiger partial charge in [0.05, 0.1) is 22.7 Å². The molecule has 0 aliphatic carbocycles. The number of aromatic nitrogens is 1. The predicted molar refractivity (Wildman–Crippen MR) is 141 cm³/mol. The summed E-state index contributed by atoms with van der Waals surface area (Å²) < 4.78 is 16.8. The Balaban J connectivity index is 1.70. The Kier molecular flexibility index (Phi) is 6.45. The average Bonchev–Trinajstić information content (AvgIpc) is 3.43. The third-order valence-electron chi connectivity index (χ3n) is 5.83. The quantitative estimate of drug-likeness (QED) is 0.235. The first kappa shape index (κ1) is 24.2. The second kappa shape index (κ2) is 9.87. The first-order valence-electron chi connectivity index (χ1n) is 11.4. The van der Waals surface area contributed by atoms with Gasteiger partial charge in [0.25, 0.3) is 5.91 Å². The Morgan fingerprint density at radius 3 is 2.70 bits per heavy atom. The van der Waals surface area contributed by atoms with Gasteiger partial charge < -0.3 is 13.9 Å². The Labute approximate surface area is 216 Å². The first-order valence-corrected chi connectivity index (χ1v) is 12.2. The molecule has 1 aliphatic heterocycles. The maximum atomic E-state index is 13.8. The fourth-order valence-electron chi connectivity index (χ4n) is 4.24. The van der Waals surface area contributed by atoms with Gasteiger partial charge in [-0.05, 0) is 36.8 Å². The molecular formula is C28H22N2O6S. The molecule has 186 valence electrons. The molecule has 0 fully saturated rings. The molecule has 1 aliphatic rings. The van der Waals surface area contributed by atoms with E-state index in [-0.39, 0.29) is 33.4 Å². The Hall–Kier alpha value is -4.50. The monoisotopic (exact) mass is 514 g/mol. The van der Waals surface area contributed by atoms with E-state index < -0.39 is 17.9 Å². The van der Waals surface area contributed by atoms with Gasteiger partial charge >= 0.3 is 5.97 Å². The highest BCUT2D eigenvalue weighted by Gasteiger charge is 2.45. The van der Waals surface area contributed by atoms with E-state index in [1.54, 1.807) is 61.5 Å². The van der Waals surface area contributed by atoms with Crippen molar-refractivity contribution in [3.8, 4) is 5.75 Å². The Morgan fingerprint density at radius 1 is 1.14 bits per heavy atom. The van der Waals surface area contributed by atoms with Gasteiger partial charge in [-0.15, -0.1) is 0 Å². The molecule has 8 nitrogen and oxygen atoms in total. The van der Waals surface area contributed by atoms with Crippen LogP contribution in [-0.4, -0.2) is 30.1 Å². The summed E-state index contributed by atoms with van der Waals surface area (Å²) in [5.41, 5.74) is 1.23. The Morgan fingerprint density at radius 2 is 1.92 bits per heavy atom. The minimum absolute atomic E-state index is 0.0464. The van der Waals surface area contributed by atoms with Crippen molar-refractivity contribution in [1.29, 1.82) is 0 Å². The number of thiazole rings is 1. The number of anilines is 1. The number of aryl methyl sites for hydroxylation is 1. The fraction of sp³-hybridized carbons (Fsp3) is 0.143. The van der Waals surface area contributed by atoms with Crippen LogP contribution in [0.15, 0.2) is 83.1 Å². The predicted octanol–water partition coefficient (Wildman–Crippen LogP) is 5.22. The molecule has 0 radical (unpaired) electrons. The number of amides is 1. The van der Waals surface area contributed by atoms with E-state index in [2.05, 4.69) is 18.1 Å². The van der Waals surface area contributed by atoms with Gasteiger partial charge in [-0.25, -0.2) is 9.78 Å². The van der Waals surface area contributed by atoms with Gasteiger partial charge in [0.1, 0.15) is 29.4 Å². The van der Waals surface area contributed by atoms with Crippen molar-refractivity contribution in [2.24, 2.45) is 0 Å². The average molecular weight is 515 g/mol. The number of benzene rings is 2. The summed E-state index contributed by atoms with van der Waals surface area (Å²) in [6.07, 6.45) is 3.09. The van der Waals surface area contributed by atoms with Gasteiger partial charge in [0.2, 0.25) is 5.76 Å². The standard InChI is InChI=1S/C28H22N2O6S/c1-4-13-34-18-10-8-9-17(15-18)22-21-23(31)19-11-6-7-12-20(19)36-24(21)26(32)30(22)28-29-16(3)25(37-28)27(33)35-14-5-2/h4-12,15,22H,1-2,13-14H2,3H3/t22-/m1/s1. The highest BCUT2D eigenvalue weighted by Crippen LogP contribution is 2.43. The van der Waals surface area contributed by atoms with E-state index in [0.717, 1.165) is 11.3 Å². The summed E-state index contributed by atoms with van der Waals surface area (Å²) in [5, 5.41) is 0.606. The number of rotatable bonds is 8.